The molecule has 21 heavy (non-hydrogen) atoms. The first-order valence-electron chi connectivity index (χ1n) is 6.46. The van der Waals surface area contributed by atoms with Gasteiger partial charge < -0.3 is 20.1 Å². The van der Waals surface area contributed by atoms with E-state index >= 15 is 0 Å². The van der Waals surface area contributed by atoms with Crippen LogP contribution in [0.4, 0.5) is 11.9 Å². The van der Waals surface area contributed by atoms with E-state index in [1.807, 2.05) is 0 Å². The van der Waals surface area contributed by atoms with Crippen molar-refractivity contribution < 1.29 is 9.47 Å². The highest BCUT2D eigenvalue weighted by Crippen LogP contribution is 2.08. The van der Waals surface area contributed by atoms with Crippen LogP contribution in [0.15, 0.2) is 18.5 Å². The van der Waals surface area contributed by atoms with Gasteiger partial charge in [0.25, 0.3) is 5.95 Å². The Morgan fingerprint density at radius 3 is 2.67 bits per heavy atom. The highest BCUT2D eigenvalue weighted by atomic mass is 16.5. The number of ether oxygens (including phenoxy) is 2. The molecule has 2 aromatic rings. The van der Waals surface area contributed by atoms with Crippen LogP contribution in [0.2, 0.25) is 0 Å². The summed E-state index contributed by atoms with van der Waals surface area (Å²) in [5.74, 6) is 1.33. The summed E-state index contributed by atoms with van der Waals surface area (Å²) in [6, 6.07) is 1.80. The second-order valence-corrected chi connectivity index (χ2v) is 4.18. The fourth-order valence-electron chi connectivity index (χ4n) is 1.65. The molecule has 2 rings (SSSR count). The highest BCUT2D eigenvalue weighted by Gasteiger charge is 2.10. The number of rotatable bonds is 8. The molecular formula is C12H19N7O2. The van der Waals surface area contributed by atoms with E-state index in [9.17, 15) is 0 Å². The van der Waals surface area contributed by atoms with E-state index in [-0.39, 0.29) is 6.10 Å². The Labute approximate surface area is 122 Å². The van der Waals surface area contributed by atoms with Gasteiger partial charge in [-0.05, 0) is 6.07 Å². The number of anilines is 2. The van der Waals surface area contributed by atoms with Gasteiger partial charge in [-0.3, -0.25) is 0 Å². The molecule has 1 atom stereocenters. The Bertz CT molecular complexity index is 547. The largest absolute Gasteiger partial charge is 0.382 e. The van der Waals surface area contributed by atoms with Gasteiger partial charge in [-0.1, -0.05) is 0 Å². The molecule has 2 N–H and O–H groups in total. The van der Waals surface area contributed by atoms with Gasteiger partial charge in [-0.15, -0.1) is 0 Å². The van der Waals surface area contributed by atoms with Crippen molar-refractivity contribution in [3.63, 3.8) is 0 Å². The van der Waals surface area contributed by atoms with Crippen molar-refractivity contribution in [3.05, 3.63) is 18.5 Å². The van der Waals surface area contributed by atoms with Crippen molar-refractivity contribution >= 4 is 11.9 Å². The average molecular weight is 293 g/mol. The fraction of sp³-hybridized carbons (Fsp3) is 0.500. The SMILES string of the molecule is CNc1nc(NCC(COC)OC)nc(-n2cccn2)n1. The zero-order valence-corrected chi connectivity index (χ0v) is 12.3. The van der Waals surface area contributed by atoms with Gasteiger partial charge in [0, 0.05) is 40.2 Å². The predicted octanol–water partition coefficient (Wildman–Crippen LogP) is 0.172. The van der Waals surface area contributed by atoms with Crippen LogP contribution >= 0.6 is 0 Å². The maximum Gasteiger partial charge on any atom is 0.257 e. The Morgan fingerprint density at radius 2 is 2.05 bits per heavy atom. The Balaban J connectivity index is 2.13. The van der Waals surface area contributed by atoms with Crippen LogP contribution in [0.1, 0.15) is 0 Å². The van der Waals surface area contributed by atoms with Crippen molar-refractivity contribution in [3.8, 4) is 5.95 Å². The molecule has 0 aliphatic heterocycles. The standard InChI is InChI=1S/C12H19N7O2/c1-13-10-16-11(14-7-9(21-3)8-20-2)18-12(17-10)19-6-4-5-15-19/h4-6,9H,7-8H2,1-3H3,(H2,13,14,16,17,18). The summed E-state index contributed by atoms with van der Waals surface area (Å²) >= 11 is 0. The van der Waals surface area contributed by atoms with Crippen molar-refractivity contribution in [2.24, 2.45) is 0 Å². The number of aromatic nitrogens is 5. The van der Waals surface area contributed by atoms with E-state index in [0.29, 0.717) is 31.0 Å². The van der Waals surface area contributed by atoms with Crippen molar-refractivity contribution in [1.82, 2.24) is 24.7 Å². The van der Waals surface area contributed by atoms with E-state index in [0.717, 1.165) is 0 Å². The van der Waals surface area contributed by atoms with Crippen LogP contribution in [0.5, 0.6) is 0 Å². The van der Waals surface area contributed by atoms with E-state index < -0.39 is 0 Å². The summed E-state index contributed by atoms with van der Waals surface area (Å²) in [5.41, 5.74) is 0. The second-order valence-electron chi connectivity index (χ2n) is 4.18. The van der Waals surface area contributed by atoms with Crippen LogP contribution in [0.3, 0.4) is 0 Å². The molecule has 2 heterocycles. The first kappa shape index (κ1) is 15.1. The molecule has 0 aliphatic carbocycles. The zero-order chi connectivity index (χ0) is 15.1. The summed E-state index contributed by atoms with van der Waals surface area (Å²) in [6.07, 6.45) is 3.34. The molecule has 0 aromatic carbocycles. The number of nitrogens with zero attached hydrogens (tertiary/aromatic N) is 5. The van der Waals surface area contributed by atoms with Crippen LogP contribution in [0, 0.1) is 0 Å². The minimum Gasteiger partial charge on any atom is -0.382 e. The van der Waals surface area contributed by atoms with Crippen molar-refractivity contribution in [1.29, 1.82) is 0 Å². The van der Waals surface area contributed by atoms with Gasteiger partial charge >= 0.3 is 0 Å². The lowest BCUT2D eigenvalue weighted by atomic mass is 10.4. The monoisotopic (exact) mass is 293 g/mol. The number of methoxy groups -OCH3 is 2. The van der Waals surface area contributed by atoms with Crippen LogP contribution in [-0.4, -0.2) is 65.3 Å². The quantitative estimate of drug-likeness (QED) is 0.711. The minimum absolute atomic E-state index is 0.0852. The summed E-state index contributed by atoms with van der Waals surface area (Å²) < 4.78 is 11.9. The average Bonchev–Trinajstić information content (AvgIpc) is 3.05. The lowest BCUT2D eigenvalue weighted by molar-refractivity contribution is 0.0365. The van der Waals surface area contributed by atoms with Crippen molar-refractivity contribution in [2.75, 3.05) is 45.1 Å². The molecule has 2 aromatic heterocycles. The molecule has 0 saturated heterocycles. The molecule has 0 spiro atoms. The second kappa shape index (κ2) is 7.50. The van der Waals surface area contributed by atoms with Gasteiger partial charge in [-0.2, -0.15) is 20.1 Å². The van der Waals surface area contributed by atoms with E-state index in [1.165, 1.54) is 0 Å². The number of nitrogens with one attached hydrogen (secondary N) is 2. The van der Waals surface area contributed by atoms with Gasteiger partial charge in [0.15, 0.2) is 0 Å². The highest BCUT2D eigenvalue weighted by molar-refractivity contribution is 5.37. The van der Waals surface area contributed by atoms with Crippen LogP contribution in [-0.2, 0) is 9.47 Å². The first-order chi connectivity index (χ1) is 10.3. The smallest absolute Gasteiger partial charge is 0.257 e. The van der Waals surface area contributed by atoms with E-state index in [2.05, 4.69) is 30.7 Å². The third-order valence-electron chi connectivity index (χ3n) is 2.73. The minimum atomic E-state index is -0.0852. The number of hydrogen-bond donors (Lipinski definition) is 2. The van der Waals surface area contributed by atoms with E-state index in [1.54, 1.807) is 44.4 Å². The molecule has 0 bridgehead atoms. The third-order valence-corrected chi connectivity index (χ3v) is 2.73. The van der Waals surface area contributed by atoms with Gasteiger partial charge in [0.1, 0.15) is 0 Å². The molecule has 9 heteroatoms. The molecule has 0 aliphatic rings. The Hall–Kier alpha value is -2.26. The van der Waals surface area contributed by atoms with Crippen molar-refractivity contribution in [2.45, 2.75) is 6.10 Å². The predicted molar refractivity (Wildman–Crippen MR) is 77.7 cm³/mol. The Morgan fingerprint density at radius 1 is 1.24 bits per heavy atom. The van der Waals surface area contributed by atoms with Crippen LogP contribution < -0.4 is 10.6 Å². The topological polar surface area (TPSA) is 99.0 Å². The third kappa shape index (κ3) is 4.10. The van der Waals surface area contributed by atoms with E-state index in [4.69, 9.17) is 9.47 Å². The van der Waals surface area contributed by atoms with Gasteiger partial charge in [-0.25, -0.2) is 4.68 Å². The summed E-state index contributed by atoms with van der Waals surface area (Å²) in [4.78, 5) is 12.8. The normalized spacial score (nSPS) is 12.1. The molecule has 0 amide bonds. The molecule has 0 saturated carbocycles. The zero-order valence-electron chi connectivity index (χ0n) is 12.3. The molecular weight excluding hydrogens is 274 g/mol. The van der Waals surface area contributed by atoms with Gasteiger partial charge in [0.05, 0.1) is 12.7 Å². The molecule has 114 valence electrons. The summed E-state index contributed by atoms with van der Waals surface area (Å²) in [6.45, 7) is 1.01. The molecule has 0 radical (unpaired) electrons. The maximum atomic E-state index is 5.28. The molecule has 1 unspecified atom stereocenters. The lowest BCUT2D eigenvalue weighted by Crippen LogP contribution is -2.27. The number of hydrogen-bond acceptors (Lipinski definition) is 8. The lowest BCUT2D eigenvalue weighted by Gasteiger charge is -2.15. The summed E-state index contributed by atoms with van der Waals surface area (Å²) in [7, 11) is 5.01. The van der Waals surface area contributed by atoms with Gasteiger partial charge in [0.2, 0.25) is 11.9 Å². The summed E-state index contributed by atoms with van der Waals surface area (Å²) in [5, 5.41) is 10.1. The maximum absolute atomic E-state index is 5.28. The Kier molecular flexibility index (Phi) is 5.41. The fourth-order valence-corrected chi connectivity index (χ4v) is 1.65. The first-order valence-corrected chi connectivity index (χ1v) is 6.46. The van der Waals surface area contributed by atoms with Crippen LogP contribution in [0.25, 0.3) is 5.95 Å². The molecule has 9 nitrogen and oxygen atoms in total. The molecule has 0 fully saturated rings.